The first-order valence-corrected chi connectivity index (χ1v) is 7.61. The number of rotatable bonds is 5. The van der Waals surface area contributed by atoms with Gasteiger partial charge in [0.25, 0.3) is 0 Å². The highest BCUT2D eigenvalue weighted by atomic mass is 79.9. The van der Waals surface area contributed by atoms with Gasteiger partial charge in [0.2, 0.25) is 0 Å². The van der Waals surface area contributed by atoms with Gasteiger partial charge in [0.15, 0.2) is 4.67 Å². The zero-order valence-corrected chi connectivity index (χ0v) is 14.0. The molecule has 5 heteroatoms. The molecule has 1 unspecified atom stereocenters. The Morgan fingerprint density at radius 3 is 2.50 bits per heavy atom. The molecule has 1 heterocycles. The van der Waals surface area contributed by atoms with Gasteiger partial charge in [0.1, 0.15) is 11.5 Å². The second-order valence-corrected chi connectivity index (χ2v) is 6.01. The Morgan fingerprint density at radius 1 is 1.20 bits per heavy atom. The second kappa shape index (κ2) is 6.55. The molecule has 1 atom stereocenters. The lowest BCUT2D eigenvalue weighted by Gasteiger charge is -2.15. The molecule has 1 N–H and O–H groups in total. The fourth-order valence-electron chi connectivity index (χ4n) is 1.82. The first-order valence-electron chi connectivity index (χ1n) is 6.43. The van der Waals surface area contributed by atoms with E-state index in [1.54, 1.807) is 0 Å². The summed E-state index contributed by atoms with van der Waals surface area (Å²) in [7, 11) is 0. The van der Waals surface area contributed by atoms with Crippen molar-refractivity contribution in [2.75, 3.05) is 5.32 Å². The number of anilines is 1. The van der Waals surface area contributed by atoms with Crippen molar-refractivity contribution >= 4 is 33.2 Å². The monoisotopic (exact) mass is 357 g/mol. The Balaban J connectivity index is 2.08. The highest BCUT2D eigenvalue weighted by Crippen LogP contribution is 2.30. The molecule has 1 aromatic carbocycles. The zero-order valence-electron chi connectivity index (χ0n) is 11.6. The highest BCUT2D eigenvalue weighted by molar-refractivity contribution is 9.10. The Labute approximate surface area is 132 Å². The average Bonchev–Trinajstić information content (AvgIpc) is 2.79. The molecule has 0 aliphatic rings. The third-order valence-corrected chi connectivity index (χ3v) is 3.42. The molecule has 0 bridgehead atoms. The van der Waals surface area contributed by atoms with Crippen LogP contribution < -0.4 is 10.1 Å². The minimum Gasteiger partial charge on any atom is -0.489 e. The van der Waals surface area contributed by atoms with Gasteiger partial charge in [-0.25, -0.2) is 0 Å². The third-order valence-electron chi connectivity index (χ3n) is 2.70. The van der Waals surface area contributed by atoms with Crippen LogP contribution in [0.2, 0.25) is 5.02 Å². The largest absolute Gasteiger partial charge is 0.489 e. The van der Waals surface area contributed by atoms with Gasteiger partial charge in [-0.05, 0) is 67.0 Å². The van der Waals surface area contributed by atoms with E-state index in [2.05, 4.69) is 21.2 Å². The lowest BCUT2D eigenvalue weighted by molar-refractivity contribution is 0.242. The molecule has 3 nitrogen and oxygen atoms in total. The summed E-state index contributed by atoms with van der Waals surface area (Å²) >= 11 is 9.51. The first-order chi connectivity index (χ1) is 9.45. The fraction of sp³-hybridized carbons (Fsp3) is 0.333. The van der Waals surface area contributed by atoms with E-state index in [-0.39, 0.29) is 12.1 Å². The van der Waals surface area contributed by atoms with Gasteiger partial charge in [0, 0.05) is 5.69 Å². The van der Waals surface area contributed by atoms with Gasteiger partial charge in [0.05, 0.1) is 17.2 Å². The summed E-state index contributed by atoms with van der Waals surface area (Å²) in [6.45, 7) is 5.97. The minimum atomic E-state index is 0.0502. The summed E-state index contributed by atoms with van der Waals surface area (Å²) in [5.74, 6) is 1.55. The zero-order chi connectivity index (χ0) is 14.7. The molecule has 2 aromatic rings. The number of hydrogen-bond donors (Lipinski definition) is 1. The van der Waals surface area contributed by atoms with Crippen molar-refractivity contribution in [3.8, 4) is 5.75 Å². The molecule has 0 radical (unpaired) electrons. The molecular formula is C15H17BrClNO2. The average molecular weight is 359 g/mol. The van der Waals surface area contributed by atoms with E-state index in [0.717, 1.165) is 16.1 Å². The predicted octanol–water partition coefficient (Wildman–Crippen LogP) is 5.66. The lowest BCUT2D eigenvalue weighted by Crippen LogP contribution is -2.07. The smallest absolute Gasteiger partial charge is 0.169 e. The van der Waals surface area contributed by atoms with Gasteiger partial charge < -0.3 is 14.5 Å². The molecule has 20 heavy (non-hydrogen) atoms. The highest BCUT2D eigenvalue weighted by Gasteiger charge is 2.11. The van der Waals surface area contributed by atoms with Crippen molar-refractivity contribution < 1.29 is 9.15 Å². The van der Waals surface area contributed by atoms with Crippen LogP contribution in [0.15, 0.2) is 39.4 Å². The van der Waals surface area contributed by atoms with Crippen LogP contribution in [-0.2, 0) is 0 Å². The number of nitrogens with one attached hydrogen (secondary N) is 1. The first kappa shape index (κ1) is 15.3. The normalized spacial score (nSPS) is 12.5. The molecule has 0 saturated heterocycles. The van der Waals surface area contributed by atoms with Crippen molar-refractivity contribution in [2.24, 2.45) is 0 Å². The summed E-state index contributed by atoms with van der Waals surface area (Å²) in [5, 5.41) is 3.93. The van der Waals surface area contributed by atoms with E-state index < -0.39 is 0 Å². The molecule has 0 fully saturated rings. The summed E-state index contributed by atoms with van der Waals surface area (Å²) < 4.78 is 11.9. The standard InChI is InChI=1S/C15H17BrClNO2/c1-9(2)19-14-5-4-11(8-12(14)17)18-10(3)13-6-7-15(16)20-13/h4-10,18H,1-3H3. The van der Waals surface area contributed by atoms with Crippen molar-refractivity contribution in [3.05, 3.63) is 45.8 Å². The van der Waals surface area contributed by atoms with Crippen LogP contribution in [0, 0.1) is 0 Å². The number of hydrogen-bond acceptors (Lipinski definition) is 3. The van der Waals surface area contributed by atoms with Crippen LogP contribution in [-0.4, -0.2) is 6.10 Å². The summed E-state index contributed by atoms with van der Waals surface area (Å²) in [6.07, 6.45) is 0.103. The van der Waals surface area contributed by atoms with Gasteiger partial charge in [-0.2, -0.15) is 0 Å². The van der Waals surface area contributed by atoms with Crippen LogP contribution in [0.3, 0.4) is 0 Å². The van der Waals surface area contributed by atoms with Crippen LogP contribution in [0.4, 0.5) is 5.69 Å². The molecule has 0 spiro atoms. The molecular weight excluding hydrogens is 342 g/mol. The number of furan rings is 1. The predicted molar refractivity (Wildman–Crippen MR) is 85.7 cm³/mol. The Kier molecular flexibility index (Phi) is 5.00. The van der Waals surface area contributed by atoms with E-state index in [9.17, 15) is 0 Å². The lowest BCUT2D eigenvalue weighted by atomic mass is 10.2. The van der Waals surface area contributed by atoms with E-state index in [1.807, 2.05) is 51.1 Å². The maximum absolute atomic E-state index is 6.21. The molecule has 108 valence electrons. The maximum atomic E-state index is 6.21. The van der Waals surface area contributed by atoms with E-state index in [4.69, 9.17) is 20.8 Å². The number of halogens is 2. The third kappa shape index (κ3) is 3.93. The van der Waals surface area contributed by atoms with Crippen molar-refractivity contribution in [1.82, 2.24) is 0 Å². The fourth-order valence-corrected chi connectivity index (χ4v) is 2.37. The van der Waals surface area contributed by atoms with Gasteiger partial charge in [-0.3, -0.25) is 0 Å². The van der Waals surface area contributed by atoms with Crippen molar-refractivity contribution in [1.29, 1.82) is 0 Å². The Morgan fingerprint density at radius 2 is 1.95 bits per heavy atom. The number of ether oxygens (including phenoxy) is 1. The molecule has 0 aliphatic heterocycles. The topological polar surface area (TPSA) is 34.4 Å². The van der Waals surface area contributed by atoms with Crippen LogP contribution in [0.25, 0.3) is 0 Å². The van der Waals surface area contributed by atoms with Crippen LogP contribution in [0.1, 0.15) is 32.6 Å². The molecule has 0 saturated carbocycles. The SMILES string of the molecule is CC(C)Oc1ccc(NC(C)c2ccc(Br)o2)cc1Cl. The Hall–Kier alpha value is -1.13. The summed E-state index contributed by atoms with van der Waals surface area (Å²) in [4.78, 5) is 0. The maximum Gasteiger partial charge on any atom is 0.169 e. The van der Waals surface area contributed by atoms with Gasteiger partial charge in [-0.1, -0.05) is 11.6 Å². The molecule has 2 rings (SSSR count). The van der Waals surface area contributed by atoms with Crippen molar-refractivity contribution in [2.45, 2.75) is 32.9 Å². The van der Waals surface area contributed by atoms with Crippen molar-refractivity contribution in [3.63, 3.8) is 0 Å². The quantitative estimate of drug-likeness (QED) is 0.749. The van der Waals surface area contributed by atoms with Gasteiger partial charge in [-0.15, -0.1) is 0 Å². The van der Waals surface area contributed by atoms with Gasteiger partial charge >= 0.3 is 0 Å². The second-order valence-electron chi connectivity index (χ2n) is 4.82. The molecule has 1 aromatic heterocycles. The summed E-state index contributed by atoms with van der Waals surface area (Å²) in [6, 6.07) is 9.52. The minimum absolute atomic E-state index is 0.0502. The van der Waals surface area contributed by atoms with E-state index in [1.165, 1.54) is 0 Å². The van der Waals surface area contributed by atoms with E-state index >= 15 is 0 Å². The van der Waals surface area contributed by atoms with Crippen LogP contribution in [0.5, 0.6) is 5.75 Å². The van der Waals surface area contributed by atoms with Crippen LogP contribution >= 0.6 is 27.5 Å². The summed E-state index contributed by atoms with van der Waals surface area (Å²) in [5.41, 5.74) is 0.922. The molecule has 0 aliphatic carbocycles. The van der Waals surface area contributed by atoms with E-state index in [0.29, 0.717) is 10.8 Å². The molecule has 0 amide bonds. The number of benzene rings is 1. The Bertz CT molecular complexity index is 583.